The standard InChI is InChI=1S/C17H19NO3/c1-12-5-4-6-14(9-12)18(2)11-13-7-8-16(21-3)15(10-13)17(19)20/h4-10H,11H2,1-3H3,(H,19,20). The lowest BCUT2D eigenvalue weighted by molar-refractivity contribution is 0.0693. The number of carboxylic acids is 1. The van der Waals surface area contributed by atoms with Gasteiger partial charge in [-0.1, -0.05) is 18.2 Å². The van der Waals surface area contributed by atoms with Gasteiger partial charge in [0, 0.05) is 19.3 Å². The van der Waals surface area contributed by atoms with Crippen LogP contribution in [0.5, 0.6) is 5.75 Å². The number of anilines is 1. The molecule has 0 saturated heterocycles. The Bertz CT molecular complexity index is 652. The van der Waals surface area contributed by atoms with E-state index in [0.29, 0.717) is 12.3 Å². The highest BCUT2D eigenvalue weighted by molar-refractivity contribution is 5.91. The van der Waals surface area contributed by atoms with Gasteiger partial charge in [-0.25, -0.2) is 4.79 Å². The summed E-state index contributed by atoms with van der Waals surface area (Å²) in [6, 6.07) is 13.4. The van der Waals surface area contributed by atoms with E-state index in [1.165, 1.54) is 12.7 Å². The number of nitrogens with zero attached hydrogens (tertiary/aromatic N) is 1. The molecule has 0 heterocycles. The van der Waals surface area contributed by atoms with Crippen molar-refractivity contribution in [1.29, 1.82) is 0 Å². The quantitative estimate of drug-likeness (QED) is 0.915. The highest BCUT2D eigenvalue weighted by Gasteiger charge is 2.12. The van der Waals surface area contributed by atoms with Crippen LogP contribution in [0.15, 0.2) is 42.5 Å². The number of aryl methyl sites for hydroxylation is 1. The van der Waals surface area contributed by atoms with Crippen LogP contribution in [0.25, 0.3) is 0 Å². The van der Waals surface area contributed by atoms with E-state index >= 15 is 0 Å². The Balaban J connectivity index is 2.23. The smallest absolute Gasteiger partial charge is 0.339 e. The maximum absolute atomic E-state index is 11.2. The Labute approximate surface area is 124 Å². The number of aromatic carboxylic acids is 1. The number of methoxy groups -OCH3 is 1. The van der Waals surface area contributed by atoms with Crippen molar-refractivity contribution in [3.05, 3.63) is 59.2 Å². The van der Waals surface area contributed by atoms with Gasteiger partial charge in [0.2, 0.25) is 0 Å². The summed E-state index contributed by atoms with van der Waals surface area (Å²) in [6.45, 7) is 2.68. The number of hydrogen-bond donors (Lipinski definition) is 1. The lowest BCUT2D eigenvalue weighted by Crippen LogP contribution is -2.16. The number of rotatable bonds is 5. The van der Waals surface area contributed by atoms with Crippen LogP contribution in [0, 0.1) is 6.92 Å². The van der Waals surface area contributed by atoms with Gasteiger partial charge in [-0.2, -0.15) is 0 Å². The summed E-state index contributed by atoms with van der Waals surface area (Å²) >= 11 is 0. The molecule has 21 heavy (non-hydrogen) atoms. The van der Waals surface area contributed by atoms with Crippen LogP contribution in [0.4, 0.5) is 5.69 Å². The molecule has 0 amide bonds. The van der Waals surface area contributed by atoms with Crippen LogP contribution >= 0.6 is 0 Å². The van der Waals surface area contributed by atoms with Crippen molar-refractivity contribution < 1.29 is 14.6 Å². The molecule has 2 rings (SSSR count). The van der Waals surface area contributed by atoms with Crippen molar-refractivity contribution in [2.24, 2.45) is 0 Å². The summed E-state index contributed by atoms with van der Waals surface area (Å²) < 4.78 is 5.07. The number of ether oxygens (including phenoxy) is 1. The van der Waals surface area contributed by atoms with Crippen LogP contribution in [0.2, 0.25) is 0 Å². The molecule has 0 bridgehead atoms. The van der Waals surface area contributed by atoms with Gasteiger partial charge in [-0.15, -0.1) is 0 Å². The zero-order chi connectivity index (χ0) is 15.4. The molecule has 0 aliphatic carbocycles. The topological polar surface area (TPSA) is 49.8 Å². The molecule has 4 nitrogen and oxygen atoms in total. The van der Waals surface area contributed by atoms with Crippen LogP contribution in [0.1, 0.15) is 21.5 Å². The van der Waals surface area contributed by atoms with Crippen LogP contribution in [-0.4, -0.2) is 25.2 Å². The first-order chi connectivity index (χ1) is 10.0. The third-order valence-electron chi connectivity index (χ3n) is 3.36. The summed E-state index contributed by atoms with van der Waals surface area (Å²) in [4.78, 5) is 13.3. The summed E-state index contributed by atoms with van der Waals surface area (Å²) in [5.74, 6) is -0.601. The van der Waals surface area contributed by atoms with E-state index in [4.69, 9.17) is 4.74 Å². The SMILES string of the molecule is COc1ccc(CN(C)c2cccc(C)c2)cc1C(=O)O. The largest absolute Gasteiger partial charge is 0.496 e. The molecule has 0 aliphatic rings. The lowest BCUT2D eigenvalue weighted by Gasteiger charge is -2.20. The average molecular weight is 285 g/mol. The van der Waals surface area contributed by atoms with Gasteiger partial charge in [0.1, 0.15) is 11.3 Å². The molecule has 1 N–H and O–H groups in total. The fraction of sp³-hybridized carbons (Fsp3) is 0.235. The monoisotopic (exact) mass is 285 g/mol. The molecule has 0 atom stereocenters. The van der Waals surface area contributed by atoms with Gasteiger partial charge in [-0.3, -0.25) is 0 Å². The Morgan fingerprint density at radius 1 is 1.24 bits per heavy atom. The normalized spacial score (nSPS) is 10.2. The first-order valence-corrected chi connectivity index (χ1v) is 6.69. The molecule has 0 saturated carbocycles. The fourth-order valence-electron chi connectivity index (χ4n) is 2.25. The van der Waals surface area contributed by atoms with Gasteiger partial charge < -0.3 is 14.7 Å². The first-order valence-electron chi connectivity index (χ1n) is 6.69. The van der Waals surface area contributed by atoms with Crippen molar-refractivity contribution >= 4 is 11.7 Å². The highest BCUT2D eigenvalue weighted by atomic mass is 16.5. The zero-order valence-corrected chi connectivity index (χ0v) is 12.5. The molecule has 2 aromatic rings. The average Bonchev–Trinajstić information content (AvgIpc) is 2.47. The third-order valence-corrected chi connectivity index (χ3v) is 3.36. The van der Waals surface area contributed by atoms with E-state index in [1.54, 1.807) is 12.1 Å². The van der Waals surface area contributed by atoms with Gasteiger partial charge >= 0.3 is 5.97 Å². The van der Waals surface area contributed by atoms with Crippen molar-refractivity contribution in [2.75, 3.05) is 19.1 Å². The highest BCUT2D eigenvalue weighted by Crippen LogP contribution is 2.22. The second-order valence-corrected chi connectivity index (χ2v) is 5.03. The first kappa shape index (κ1) is 14.9. The van der Waals surface area contributed by atoms with E-state index in [2.05, 4.69) is 11.0 Å². The lowest BCUT2D eigenvalue weighted by atomic mass is 10.1. The van der Waals surface area contributed by atoms with Gasteiger partial charge in [0.05, 0.1) is 7.11 Å². The van der Waals surface area contributed by atoms with Crippen LogP contribution in [-0.2, 0) is 6.54 Å². The molecule has 4 heteroatoms. The molecule has 0 spiro atoms. The van der Waals surface area contributed by atoms with Crippen molar-refractivity contribution in [3.63, 3.8) is 0 Å². The second kappa shape index (κ2) is 6.31. The van der Waals surface area contributed by atoms with E-state index < -0.39 is 5.97 Å². The van der Waals surface area contributed by atoms with Crippen molar-refractivity contribution in [2.45, 2.75) is 13.5 Å². The van der Waals surface area contributed by atoms with Crippen molar-refractivity contribution in [1.82, 2.24) is 0 Å². The van der Waals surface area contributed by atoms with Gasteiger partial charge in [-0.05, 0) is 42.3 Å². The van der Waals surface area contributed by atoms with E-state index in [-0.39, 0.29) is 5.56 Å². The number of carboxylic acid groups (broad SMARTS) is 1. The fourth-order valence-corrected chi connectivity index (χ4v) is 2.25. The minimum atomic E-state index is -0.980. The molecular weight excluding hydrogens is 266 g/mol. The third kappa shape index (κ3) is 3.54. The molecule has 110 valence electrons. The summed E-state index contributed by atoms with van der Waals surface area (Å²) in [6.07, 6.45) is 0. The molecule has 2 aromatic carbocycles. The Kier molecular flexibility index (Phi) is 4.48. The summed E-state index contributed by atoms with van der Waals surface area (Å²) in [5, 5.41) is 9.22. The van der Waals surface area contributed by atoms with Gasteiger partial charge in [0.15, 0.2) is 0 Å². The van der Waals surface area contributed by atoms with Gasteiger partial charge in [0.25, 0.3) is 0 Å². The summed E-state index contributed by atoms with van der Waals surface area (Å²) in [5.41, 5.74) is 3.41. The van der Waals surface area contributed by atoms with E-state index in [1.807, 2.05) is 38.2 Å². The maximum atomic E-state index is 11.2. The minimum absolute atomic E-state index is 0.188. The molecule has 0 aliphatic heterocycles. The number of hydrogen-bond acceptors (Lipinski definition) is 3. The molecule has 0 unspecified atom stereocenters. The summed E-state index contributed by atoms with van der Waals surface area (Å²) in [7, 11) is 3.46. The molecule has 0 aromatic heterocycles. The minimum Gasteiger partial charge on any atom is -0.496 e. The Morgan fingerprint density at radius 3 is 2.62 bits per heavy atom. The maximum Gasteiger partial charge on any atom is 0.339 e. The number of carbonyl (C=O) groups is 1. The van der Waals surface area contributed by atoms with Crippen molar-refractivity contribution in [3.8, 4) is 5.75 Å². The van der Waals surface area contributed by atoms with E-state index in [9.17, 15) is 9.90 Å². The Hall–Kier alpha value is -2.49. The van der Waals surface area contributed by atoms with Crippen LogP contribution in [0.3, 0.4) is 0 Å². The van der Waals surface area contributed by atoms with E-state index in [0.717, 1.165) is 11.3 Å². The Morgan fingerprint density at radius 2 is 2.00 bits per heavy atom. The molecular formula is C17H19NO3. The molecule has 0 fully saturated rings. The second-order valence-electron chi connectivity index (χ2n) is 5.03. The number of benzene rings is 2. The predicted molar refractivity (Wildman–Crippen MR) is 83.2 cm³/mol. The van der Waals surface area contributed by atoms with Crippen LogP contribution < -0.4 is 9.64 Å². The molecule has 0 radical (unpaired) electrons. The predicted octanol–water partition coefficient (Wildman–Crippen LogP) is 3.34. The zero-order valence-electron chi connectivity index (χ0n) is 12.5.